The Labute approximate surface area is 107 Å². The summed E-state index contributed by atoms with van der Waals surface area (Å²) in [5.41, 5.74) is 8.54. The minimum Gasteiger partial charge on any atom is -0.508 e. The molecule has 96 valence electrons. The Morgan fingerprint density at radius 3 is 3.06 bits per heavy atom. The first-order valence-electron chi connectivity index (χ1n) is 6.24. The molecule has 0 spiro atoms. The fraction of sp³-hybridized carbons (Fsp3) is 0.357. The van der Waals surface area contributed by atoms with E-state index in [1.54, 1.807) is 6.20 Å². The molecule has 0 saturated heterocycles. The number of fused-ring (bicyclic) bond motifs is 1. The summed E-state index contributed by atoms with van der Waals surface area (Å²) in [6.45, 7) is 3.82. The SMILES string of the molecule is CCc1cc(O)c2c(c1)N(C/C=C/N=CN)CC2. The van der Waals surface area contributed by atoms with Gasteiger partial charge in [0.25, 0.3) is 0 Å². The van der Waals surface area contributed by atoms with Crippen LogP contribution in [0.4, 0.5) is 5.69 Å². The molecule has 0 saturated carbocycles. The number of phenolic OH excluding ortho intramolecular Hbond substituents is 1. The van der Waals surface area contributed by atoms with Gasteiger partial charge in [0.1, 0.15) is 5.75 Å². The van der Waals surface area contributed by atoms with Gasteiger partial charge in [0.15, 0.2) is 0 Å². The normalized spacial score (nSPS) is 14.8. The third-order valence-electron chi connectivity index (χ3n) is 3.25. The molecule has 0 unspecified atom stereocenters. The average Bonchev–Trinajstić information content (AvgIpc) is 2.78. The van der Waals surface area contributed by atoms with Crippen molar-refractivity contribution in [2.75, 3.05) is 18.0 Å². The van der Waals surface area contributed by atoms with Gasteiger partial charge >= 0.3 is 0 Å². The van der Waals surface area contributed by atoms with Crippen molar-refractivity contribution in [1.82, 2.24) is 0 Å². The smallest absolute Gasteiger partial charge is 0.121 e. The van der Waals surface area contributed by atoms with Crippen LogP contribution >= 0.6 is 0 Å². The lowest BCUT2D eigenvalue weighted by Gasteiger charge is -2.18. The van der Waals surface area contributed by atoms with Crippen molar-refractivity contribution in [2.24, 2.45) is 10.7 Å². The van der Waals surface area contributed by atoms with Crippen LogP contribution in [0, 0.1) is 0 Å². The molecule has 0 aromatic heterocycles. The molecule has 2 rings (SSSR count). The Hall–Kier alpha value is -1.97. The van der Waals surface area contributed by atoms with Gasteiger partial charge < -0.3 is 15.7 Å². The molecule has 0 fully saturated rings. The summed E-state index contributed by atoms with van der Waals surface area (Å²) < 4.78 is 0. The molecule has 3 N–H and O–H groups in total. The number of nitrogens with two attached hydrogens (primary N) is 1. The van der Waals surface area contributed by atoms with E-state index in [0.29, 0.717) is 5.75 Å². The van der Waals surface area contributed by atoms with Crippen molar-refractivity contribution in [3.63, 3.8) is 0 Å². The number of rotatable bonds is 4. The van der Waals surface area contributed by atoms with Crippen LogP contribution in [0.2, 0.25) is 0 Å². The number of nitrogens with zero attached hydrogens (tertiary/aromatic N) is 2. The molecular formula is C14H19N3O. The standard InChI is InChI=1S/C14H19N3O/c1-2-11-8-13-12(14(18)9-11)4-7-17(13)6-3-5-16-10-15/h3,5,8-10,18H,2,4,6-7H2,1H3,(H2,15,16)/b5-3+. The highest BCUT2D eigenvalue weighted by atomic mass is 16.3. The van der Waals surface area contributed by atoms with Gasteiger partial charge in [-0.15, -0.1) is 0 Å². The zero-order chi connectivity index (χ0) is 13.0. The maximum Gasteiger partial charge on any atom is 0.121 e. The van der Waals surface area contributed by atoms with Gasteiger partial charge in [0.2, 0.25) is 0 Å². The van der Waals surface area contributed by atoms with Gasteiger partial charge in [-0.25, -0.2) is 4.99 Å². The fourth-order valence-corrected chi connectivity index (χ4v) is 2.28. The molecule has 0 aliphatic carbocycles. The number of benzene rings is 1. The molecule has 18 heavy (non-hydrogen) atoms. The number of hydrogen-bond acceptors (Lipinski definition) is 3. The Bertz CT molecular complexity index is 480. The van der Waals surface area contributed by atoms with E-state index in [-0.39, 0.29) is 0 Å². The summed E-state index contributed by atoms with van der Waals surface area (Å²) in [6, 6.07) is 4.04. The Morgan fingerprint density at radius 2 is 2.33 bits per heavy atom. The van der Waals surface area contributed by atoms with E-state index in [2.05, 4.69) is 22.9 Å². The van der Waals surface area contributed by atoms with Crippen LogP contribution in [0.3, 0.4) is 0 Å². The van der Waals surface area contributed by atoms with Crippen molar-refractivity contribution in [1.29, 1.82) is 0 Å². The summed E-state index contributed by atoms with van der Waals surface area (Å²) in [6.07, 6.45) is 6.77. The van der Waals surface area contributed by atoms with Crippen molar-refractivity contribution >= 4 is 12.0 Å². The highest BCUT2D eigenvalue weighted by Crippen LogP contribution is 2.35. The third kappa shape index (κ3) is 2.47. The molecule has 1 heterocycles. The number of hydrogen-bond donors (Lipinski definition) is 2. The van der Waals surface area contributed by atoms with Crippen LogP contribution in [-0.2, 0) is 12.8 Å². The Morgan fingerprint density at radius 1 is 1.50 bits per heavy atom. The van der Waals surface area contributed by atoms with Crippen molar-refractivity contribution in [2.45, 2.75) is 19.8 Å². The maximum atomic E-state index is 9.99. The van der Waals surface area contributed by atoms with Gasteiger partial charge in [-0.05, 0) is 36.6 Å². The van der Waals surface area contributed by atoms with E-state index in [1.807, 2.05) is 12.1 Å². The van der Waals surface area contributed by atoms with Gasteiger partial charge in [-0.3, -0.25) is 0 Å². The topological polar surface area (TPSA) is 61.8 Å². The minimum absolute atomic E-state index is 0.427. The number of aryl methyl sites for hydroxylation is 1. The molecule has 1 aliphatic rings. The lowest BCUT2D eigenvalue weighted by molar-refractivity contribution is 0.469. The predicted octanol–water partition coefficient (Wildman–Crippen LogP) is 1.82. The molecule has 1 aromatic carbocycles. The van der Waals surface area contributed by atoms with Crippen molar-refractivity contribution in [3.05, 3.63) is 35.5 Å². The van der Waals surface area contributed by atoms with Crippen LogP contribution in [-0.4, -0.2) is 24.5 Å². The van der Waals surface area contributed by atoms with E-state index < -0.39 is 0 Å². The molecule has 1 aromatic rings. The Kier molecular flexibility index (Phi) is 3.87. The van der Waals surface area contributed by atoms with E-state index >= 15 is 0 Å². The summed E-state index contributed by atoms with van der Waals surface area (Å²) in [4.78, 5) is 6.08. The second kappa shape index (κ2) is 5.58. The average molecular weight is 245 g/mol. The summed E-state index contributed by atoms with van der Waals surface area (Å²) in [5.74, 6) is 0.427. The zero-order valence-electron chi connectivity index (χ0n) is 10.6. The van der Waals surface area contributed by atoms with Gasteiger partial charge in [0.05, 0.1) is 6.34 Å². The second-order valence-corrected chi connectivity index (χ2v) is 4.35. The van der Waals surface area contributed by atoms with Crippen LogP contribution in [0.1, 0.15) is 18.1 Å². The monoisotopic (exact) mass is 245 g/mol. The number of anilines is 1. The molecule has 0 atom stereocenters. The van der Waals surface area contributed by atoms with E-state index in [0.717, 1.165) is 37.2 Å². The van der Waals surface area contributed by atoms with Crippen molar-refractivity contribution < 1.29 is 5.11 Å². The highest BCUT2D eigenvalue weighted by molar-refractivity contribution is 5.65. The lowest BCUT2D eigenvalue weighted by Crippen LogP contribution is -2.20. The maximum absolute atomic E-state index is 9.99. The largest absolute Gasteiger partial charge is 0.508 e. The summed E-state index contributed by atoms with van der Waals surface area (Å²) in [5, 5.41) is 9.99. The third-order valence-corrected chi connectivity index (χ3v) is 3.25. The predicted molar refractivity (Wildman–Crippen MR) is 75.2 cm³/mol. The molecule has 4 heteroatoms. The minimum atomic E-state index is 0.427. The van der Waals surface area contributed by atoms with Gasteiger partial charge in [-0.2, -0.15) is 0 Å². The van der Waals surface area contributed by atoms with Crippen LogP contribution < -0.4 is 10.6 Å². The summed E-state index contributed by atoms with van der Waals surface area (Å²) in [7, 11) is 0. The summed E-state index contributed by atoms with van der Waals surface area (Å²) >= 11 is 0. The first-order chi connectivity index (χ1) is 8.76. The molecule has 0 radical (unpaired) electrons. The first kappa shape index (κ1) is 12.5. The molecule has 0 amide bonds. The van der Waals surface area contributed by atoms with Crippen LogP contribution in [0.15, 0.2) is 29.4 Å². The van der Waals surface area contributed by atoms with Crippen LogP contribution in [0.5, 0.6) is 5.75 Å². The number of phenols is 1. The van der Waals surface area contributed by atoms with E-state index in [1.165, 1.54) is 11.9 Å². The zero-order valence-corrected chi connectivity index (χ0v) is 10.6. The lowest BCUT2D eigenvalue weighted by atomic mass is 10.1. The Balaban J connectivity index is 2.18. The molecular weight excluding hydrogens is 226 g/mol. The number of aromatic hydroxyl groups is 1. The molecule has 1 aliphatic heterocycles. The van der Waals surface area contributed by atoms with Gasteiger partial charge in [-0.1, -0.05) is 6.92 Å². The van der Waals surface area contributed by atoms with E-state index in [4.69, 9.17) is 5.73 Å². The van der Waals surface area contributed by atoms with Crippen molar-refractivity contribution in [3.8, 4) is 5.75 Å². The second-order valence-electron chi connectivity index (χ2n) is 4.35. The van der Waals surface area contributed by atoms with E-state index in [9.17, 15) is 5.11 Å². The molecule has 4 nitrogen and oxygen atoms in total. The molecule has 0 bridgehead atoms. The first-order valence-corrected chi connectivity index (χ1v) is 6.24. The van der Waals surface area contributed by atoms with Crippen LogP contribution in [0.25, 0.3) is 0 Å². The van der Waals surface area contributed by atoms with Gasteiger partial charge in [0, 0.05) is 30.5 Å². The quantitative estimate of drug-likeness (QED) is 0.628. The number of aliphatic imine (C=N–C) groups is 1. The highest BCUT2D eigenvalue weighted by Gasteiger charge is 2.21. The fourth-order valence-electron chi connectivity index (χ4n) is 2.28.